The maximum atomic E-state index is 12.0. The van der Waals surface area contributed by atoms with E-state index in [0.717, 1.165) is 0 Å². The smallest absolute Gasteiger partial charge is 0.243 e. The lowest BCUT2D eigenvalue weighted by atomic mass is 10.0. The summed E-state index contributed by atoms with van der Waals surface area (Å²) in [5, 5.41) is 5.06. The van der Waals surface area contributed by atoms with Gasteiger partial charge in [0.05, 0.1) is 0 Å². The Labute approximate surface area is 121 Å². The zero-order chi connectivity index (χ0) is 15.2. The average Bonchev–Trinajstić information content (AvgIpc) is 2.23. The molecule has 2 atom stereocenters. The fraction of sp³-hybridized carbons (Fsp3) is 0.583. The van der Waals surface area contributed by atoms with Gasteiger partial charge >= 0.3 is 0 Å². The number of hydrogen-bond acceptors (Lipinski definition) is 3. The summed E-state index contributed by atoms with van der Waals surface area (Å²) in [4.78, 5) is 34.3. The van der Waals surface area contributed by atoms with Gasteiger partial charge in [0.1, 0.15) is 12.1 Å². The van der Waals surface area contributed by atoms with Crippen molar-refractivity contribution >= 4 is 33.7 Å². The van der Waals surface area contributed by atoms with Crippen molar-refractivity contribution in [2.75, 3.05) is 0 Å². The van der Waals surface area contributed by atoms with Gasteiger partial charge in [-0.1, -0.05) is 36.4 Å². The molecule has 0 aromatic carbocycles. The zero-order valence-corrected chi connectivity index (χ0v) is 12.9. The molecule has 0 saturated heterocycles. The third-order valence-corrected chi connectivity index (χ3v) is 2.72. The van der Waals surface area contributed by atoms with E-state index in [4.69, 9.17) is 5.73 Å². The summed E-state index contributed by atoms with van der Waals surface area (Å²) < 4.78 is 0.553. The Morgan fingerprint density at radius 2 is 1.79 bits per heavy atom. The summed E-state index contributed by atoms with van der Waals surface area (Å²) in [6.07, 6.45) is 0.200. The number of rotatable bonds is 7. The van der Waals surface area contributed by atoms with Gasteiger partial charge in [-0.2, -0.15) is 0 Å². The Balaban J connectivity index is 4.80. The Morgan fingerprint density at radius 3 is 2.11 bits per heavy atom. The van der Waals surface area contributed by atoms with Gasteiger partial charge in [-0.05, 0) is 10.4 Å². The van der Waals surface area contributed by atoms with Crippen LogP contribution in [0, 0.1) is 5.92 Å². The maximum absolute atomic E-state index is 12.0. The van der Waals surface area contributed by atoms with Crippen LogP contribution in [0.1, 0.15) is 27.2 Å². The molecule has 0 saturated carbocycles. The number of nitrogens with one attached hydrogen (secondary N) is 2. The molecule has 0 aromatic heterocycles. The van der Waals surface area contributed by atoms with Crippen molar-refractivity contribution in [1.82, 2.24) is 10.6 Å². The minimum Gasteiger partial charge on any atom is -0.368 e. The molecule has 0 radical (unpaired) electrons. The molecule has 0 aromatic rings. The molecule has 0 spiro atoms. The SMILES string of the molecule is C=C(Br)C[C@@H](NC(=O)[C@H](NC(C)=O)C(C)C)C(N)=O. The van der Waals surface area contributed by atoms with E-state index in [1.165, 1.54) is 6.92 Å². The van der Waals surface area contributed by atoms with Crippen LogP contribution in [0.25, 0.3) is 0 Å². The molecule has 0 aliphatic heterocycles. The Morgan fingerprint density at radius 1 is 1.26 bits per heavy atom. The fourth-order valence-electron chi connectivity index (χ4n) is 1.46. The zero-order valence-electron chi connectivity index (χ0n) is 11.3. The summed E-state index contributed by atoms with van der Waals surface area (Å²) in [5.74, 6) is -1.51. The van der Waals surface area contributed by atoms with E-state index < -0.39 is 23.9 Å². The van der Waals surface area contributed by atoms with Gasteiger partial charge in [-0.3, -0.25) is 14.4 Å². The molecule has 0 aliphatic carbocycles. The van der Waals surface area contributed by atoms with Crippen molar-refractivity contribution in [3.05, 3.63) is 11.1 Å². The summed E-state index contributed by atoms with van der Waals surface area (Å²) in [6, 6.07) is -1.56. The number of amides is 3. The highest BCUT2D eigenvalue weighted by Gasteiger charge is 2.27. The first kappa shape index (κ1) is 17.6. The van der Waals surface area contributed by atoms with Gasteiger partial charge in [0, 0.05) is 13.3 Å². The van der Waals surface area contributed by atoms with E-state index in [1.807, 2.05) is 0 Å². The minimum atomic E-state index is -0.852. The van der Waals surface area contributed by atoms with Gasteiger partial charge in [0.25, 0.3) is 0 Å². The van der Waals surface area contributed by atoms with Crippen LogP contribution >= 0.6 is 15.9 Å². The number of carbonyl (C=O) groups is 3. The van der Waals surface area contributed by atoms with Crippen LogP contribution in [0.3, 0.4) is 0 Å². The molecule has 0 fully saturated rings. The van der Waals surface area contributed by atoms with Crippen molar-refractivity contribution in [1.29, 1.82) is 0 Å². The largest absolute Gasteiger partial charge is 0.368 e. The first-order valence-electron chi connectivity index (χ1n) is 5.85. The molecule has 7 heteroatoms. The number of nitrogens with two attached hydrogens (primary N) is 1. The van der Waals surface area contributed by atoms with E-state index in [0.29, 0.717) is 4.48 Å². The van der Waals surface area contributed by atoms with Gasteiger partial charge < -0.3 is 16.4 Å². The van der Waals surface area contributed by atoms with Crippen LogP contribution in [-0.2, 0) is 14.4 Å². The molecular weight excluding hydrogens is 314 g/mol. The maximum Gasteiger partial charge on any atom is 0.243 e. The molecule has 4 N–H and O–H groups in total. The number of halogens is 1. The van der Waals surface area contributed by atoms with Crippen LogP contribution in [0.5, 0.6) is 0 Å². The molecule has 19 heavy (non-hydrogen) atoms. The van der Waals surface area contributed by atoms with Crippen LogP contribution in [0.4, 0.5) is 0 Å². The molecule has 3 amide bonds. The van der Waals surface area contributed by atoms with Crippen molar-refractivity contribution in [2.45, 2.75) is 39.3 Å². The van der Waals surface area contributed by atoms with E-state index in [9.17, 15) is 14.4 Å². The Kier molecular flexibility index (Phi) is 7.36. The Bertz CT molecular complexity index is 382. The molecule has 0 heterocycles. The summed E-state index contributed by atoms with van der Waals surface area (Å²) in [7, 11) is 0. The van der Waals surface area contributed by atoms with Gasteiger partial charge in [0.15, 0.2) is 0 Å². The molecule has 0 aliphatic rings. The second kappa shape index (κ2) is 7.93. The second-order valence-corrected chi connectivity index (χ2v) is 5.73. The standard InChI is InChI=1S/C12H20BrN3O3/c1-6(2)10(15-8(4)17)12(19)16-9(11(14)18)5-7(3)13/h6,9-10H,3,5H2,1-2,4H3,(H2,14,18)(H,15,17)(H,16,19)/t9-,10-/m1/s1. The molecule has 0 bridgehead atoms. The lowest BCUT2D eigenvalue weighted by molar-refractivity contribution is -0.131. The average molecular weight is 334 g/mol. The number of carbonyl (C=O) groups excluding carboxylic acids is 3. The highest BCUT2D eigenvalue weighted by molar-refractivity contribution is 9.11. The first-order valence-corrected chi connectivity index (χ1v) is 6.64. The second-order valence-electron chi connectivity index (χ2n) is 4.61. The lowest BCUT2D eigenvalue weighted by Gasteiger charge is -2.23. The summed E-state index contributed by atoms with van der Waals surface area (Å²) in [6.45, 7) is 8.52. The van der Waals surface area contributed by atoms with Crippen molar-refractivity contribution in [3.63, 3.8) is 0 Å². The highest BCUT2D eigenvalue weighted by atomic mass is 79.9. The first-order chi connectivity index (χ1) is 8.65. The third-order valence-electron chi connectivity index (χ3n) is 2.39. The molecule has 0 unspecified atom stereocenters. The monoisotopic (exact) mass is 333 g/mol. The number of hydrogen-bond donors (Lipinski definition) is 3. The fourth-order valence-corrected chi connectivity index (χ4v) is 1.78. The van der Waals surface area contributed by atoms with Gasteiger partial charge in [-0.15, -0.1) is 0 Å². The van der Waals surface area contributed by atoms with Gasteiger partial charge in [-0.25, -0.2) is 0 Å². The molecule has 0 rings (SSSR count). The normalized spacial score (nSPS) is 13.5. The van der Waals surface area contributed by atoms with E-state index >= 15 is 0 Å². The van der Waals surface area contributed by atoms with Crippen LogP contribution in [0.2, 0.25) is 0 Å². The summed E-state index contributed by atoms with van der Waals surface area (Å²) >= 11 is 3.12. The van der Waals surface area contributed by atoms with E-state index in [1.54, 1.807) is 13.8 Å². The Hall–Kier alpha value is -1.37. The molecule has 108 valence electrons. The van der Waals surface area contributed by atoms with Crippen molar-refractivity contribution in [3.8, 4) is 0 Å². The third kappa shape index (κ3) is 6.95. The predicted molar refractivity (Wildman–Crippen MR) is 76.3 cm³/mol. The quantitative estimate of drug-likeness (QED) is 0.629. The topological polar surface area (TPSA) is 101 Å². The minimum absolute atomic E-state index is 0.107. The van der Waals surface area contributed by atoms with E-state index in [2.05, 4.69) is 33.1 Å². The molecule has 6 nitrogen and oxygen atoms in total. The molecular formula is C12H20BrN3O3. The van der Waals surface area contributed by atoms with E-state index in [-0.39, 0.29) is 18.2 Å². The van der Waals surface area contributed by atoms with Crippen molar-refractivity contribution < 1.29 is 14.4 Å². The van der Waals surface area contributed by atoms with Crippen LogP contribution in [-0.4, -0.2) is 29.8 Å². The number of primary amides is 1. The van der Waals surface area contributed by atoms with Crippen molar-refractivity contribution in [2.24, 2.45) is 11.7 Å². The van der Waals surface area contributed by atoms with Crippen LogP contribution < -0.4 is 16.4 Å². The highest BCUT2D eigenvalue weighted by Crippen LogP contribution is 2.11. The van der Waals surface area contributed by atoms with Gasteiger partial charge in [0.2, 0.25) is 17.7 Å². The lowest BCUT2D eigenvalue weighted by Crippen LogP contribution is -2.54. The van der Waals surface area contributed by atoms with Crippen LogP contribution in [0.15, 0.2) is 11.1 Å². The summed E-state index contributed by atoms with van der Waals surface area (Å²) in [5.41, 5.74) is 5.21. The predicted octanol–water partition coefficient (Wildman–Crippen LogP) is 0.416.